The molecular weight excluding hydrogens is 778 g/mol. The molecule has 3 aromatic heterocycles. The van der Waals surface area contributed by atoms with Crippen LogP contribution in [0.2, 0.25) is 35.7 Å². The summed E-state index contributed by atoms with van der Waals surface area (Å²) in [7, 11) is 0.654. The molecule has 10 nitrogen and oxygen atoms in total. The molecule has 1 unspecified atom stereocenters. The molecule has 300 valence electrons. The molecule has 1 aliphatic rings. The normalized spacial score (nSPS) is 14.6. The van der Waals surface area contributed by atoms with Crippen LogP contribution in [0.4, 0.5) is 5.69 Å². The number of carbonyl (C=O) groups is 2. The highest BCUT2D eigenvalue weighted by molar-refractivity contribution is 6.76. The summed E-state index contributed by atoms with van der Waals surface area (Å²) in [6.07, 6.45) is 3.13. The number of rotatable bonds is 13. The lowest BCUT2D eigenvalue weighted by molar-refractivity contribution is 0.0696. The first-order chi connectivity index (χ1) is 27.0. The van der Waals surface area contributed by atoms with Gasteiger partial charge in [0.15, 0.2) is 0 Å². The van der Waals surface area contributed by atoms with Crippen molar-refractivity contribution in [2.45, 2.75) is 85.9 Å². The van der Waals surface area contributed by atoms with E-state index < -0.39 is 14.0 Å². The number of hydrogen-bond acceptors (Lipinski definition) is 5. The van der Waals surface area contributed by atoms with Crippen molar-refractivity contribution in [2.75, 3.05) is 24.7 Å². The van der Waals surface area contributed by atoms with E-state index in [0.717, 1.165) is 72.4 Å². The van der Waals surface area contributed by atoms with Gasteiger partial charge in [-0.2, -0.15) is 5.10 Å². The molecule has 6 aromatic rings. The van der Waals surface area contributed by atoms with Gasteiger partial charge >= 0.3 is 5.97 Å². The number of halogens is 2. The molecule has 0 radical (unpaired) electrons. The molecule has 1 aliphatic heterocycles. The molecule has 0 bridgehead atoms. The predicted molar refractivity (Wildman–Crippen MR) is 233 cm³/mol. The van der Waals surface area contributed by atoms with Gasteiger partial charge in [0.1, 0.15) is 18.2 Å². The van der Waals surface area contributed by atoms with Crippen LogP contribution in [-0.2, 0) is 24.9 Å². The van der Waals surface area contributed by atoms with Gasteiger partial charge in [-0.1, -0.05) is 48.9 Å². The van der Waals surface area contributed by atoms with Gasteiger partial charge in [0.05, 0.1) is 34.1 Å². The van der Waals surface area contributed by atoms with E-state index in [4.69, 9.17) is 37.8 Å². The Morgan fingerprint density at radius 1 is 0.982 bits per heavy atom. The van der Waals surface area contributed by atoms with E-state index in [2.05, 4.69) is 31.1 Å². The molecule has 7 rings (SSSR count). The van der Waals surface area contributed by atoms with Crippen LogP contribution >= 0.6 is 23.2 Å². The minimum atomic E-state index is -1.26. The van der Waals surface area contributed by atoms with Crippen molar-refractivity contribution in [3.63, 3.8) is 0 Å². The molecule has 3 aromatic carbocycles. The Balaban J connectivity index is 1.34. The van der Waals surface area contributed by atoms with Gasteiger partial charge in [0.2, 0.25) is 0 Å². The molecular formula is C44H51Cl2N5O5Si. The highest BCUT2D eigenvalue weighted by Crippen LogP contribution is 2.46. The lowest BCUT2D eigenvalue weighted by Gasteiger charge is -2.34. The quantitative estimate of drug-likeness (QED) is 0.0918. The van der Waals surface area contributed by atoms with Gasteiger partial charge in [-0.25, -0.2) is 9.48 Å². The first-order valence-electron chi connectivity index (χ1n) is 19.5. The maximum absolute atomic E-state index is 15.1. The fourth-order valence-corrected chi connectivity index (χ4v) is 9.35. The van der Waals surface area contributed by atoms with Gasteiger partial charge < -0.3 is 28.6 Å². The molecule has 13 heteroatoms. The number of aryl methyl sites for hydroxylation is 5. The van der Waals surface area contributed by atoms with E-state index in [0.29, 0.717) is 61.1 Å². The molecule has 0 saturated heterocycles. The smallest absolute Gasteiger partial charge is 0.335 e. The zero-order valence-electron chi connectivity index (χ0n) is 34.2. The zero-order valence-corrected chi connectivity index (χ0v) is 36.7. The molecule has 1 N–H and O–H groups in total. The lowest BCUT2D eigenvalue weighted by atomic mass is 9.98. The maximum atomic E-state index is 15.1. The van der Waals surface area contributed by atoms with Crippen molar-refractivity contribution in [1.82, 2.24) is 18.9 Å². The average molecular weight is 829 g/mol. The van der Waals surface area contributed by atoms with E-state index in [1.165, 1.54) is 0 Å². The Bertz CT molecular complexity index is 2540. The SMILES string of the molecule is Cc1cc(OCCCc2c3n(c4c(-c5c(C)nn(COCC[Si](C)(C)C)c5C)c(Cl)ccc24)C(C)CN(c2cn(C)c4ccc(C(=O)O)cc24)C3=O)cc(C)c1Cl. The summed E-state index contributed by atoms with van der Waals surface area (Å²) in [6.45, 7) is 18.9. The number of aromatic nitrogens is 4. The van der Waals surface area contributed by atoms with Crippen LogP contribution < -0.4 is 9.64 Å². The monoisotopic (exact) mass is 827 g/mol. The van der Waals surface area contributed by atoms with E-state index >= 15 is 4.79 Å². The fourth-order valence-electron chi connectivity index (χ4n) is 8.23. The van der Waals surface area contributed by atoms with Crippen LogP contribution in [0.25, 0.3) is 32.9 Å². The summed E-state index contributed by atoms with van der Waals surface area (Å²) >= 11 is 13.6. The van der Waals surface area contributed by atoms with Gasteiger partial charge in [-0.15, -0.1) is 0 Å². The molecule has 0 fully saturated rings. The third-order valence-electron chi connectivity index (χ3n) is 11.2. The van der Waals surface area contributed by atoms with Crippen molar-refractivity contribution in [3.05, 3.63) is 98.0 Å². The zero-order chi connectivity index (χ0) is 41.1. The van der Waals surface area contributed by atoms with Crippen LogP contribution in [0.5, 0.6) is 5.75 Å². The Kier molecular flexibility index (Phi) is 11.2. The number of amides is 1. The van der Waals surface area contributed by atoms with Crippen LogP contribution in [0.15, 0.2) is 48.7 Å². The van der Waals surface area contributed by atoms with E-state index in [-0.39, 0.29) is 17.5 Å². The van der Waals surface area contributed by atoms with E-state index in [1.807, 2.05) is 74.5 Å². The minimum Gasteiger partial charge on any atom is -0.494 e. The lowest BCUT2D eigenvalue weighted by Crippen LogP contribution is -2.42. The largest absolute Gasteiger partial charge is 0.494 e. The number of carboxylic acid groups (broad SMARTS) is 1. The van der Waals surface area contributed by atoms with Crippen molar-refractivity contribution in [1.29, 1.82) is 0 Å². The highest BCUT2D eigenvalue weighted by Gasteiger charge is 2.38. The van der Waals surface area contributed by atoms with E-state index in [9.17, 15) is 9.90 Å². The molecule has 1 amide bonds. The Morgan fingerprint density at radius 2 is 1.70 bits per heavy atom. The summed E-state index contributed by atoms with van der Waals surface area (Å²) in [5.41, 5.74) is 9.55. The maximum Gasteiger partial charge on any atom is 0.335 e. The Morgan fingerprint density at radius 3 is 2.39 bits per heavy atom. The second kappa shape index (κ2) is 15.7. The second-order valence-electron chi connectivity index (χ2n) is 16.7. The molecule has 4 heterocycles. The van der Waals surface area contributed by atoms with Gasteiger partial charge in [0.25, 0.3) is 5.91 Å². The van der Waals surface area contributed by atoms with Crippen molar-refractivity contribution in [2.24, 2.45) is 7.05 Å². The van der Waals surface area contributed by atoms with Gasteiger partial charge in [-0.3, -0.25) is 4.79 Å². The summed E-state index contributed by atoms with van der Waals surface area (Å²) in [6, 6.07) is 13.8. The third-order valence-corrected chi connectivity index (χ3v) is 13.8. The van der Waals surface area contributed by atoms with Crippen molar-refractivity contribution >= 4 is 70.6 Å². The average Bonchev–Trinajstić information content (AvgIpc) is 3.76. The Labute approximate surface area is 344 Å². The first kappa shape index (κ1) is 40.6. The third kappa shape index (κ3) is 7.62. The summed E-state index contributed by atoms with van der Waals surface area (Å²) in [5.74, 6) is -0.415. The molecule has 1 atom stereocenters. The standard InChI is InChI=1S/C44H51Cl2N5O5Si/c1-25-19-31(20-26(2)40(25)46)56-16-10-11-32-33-13-14-35(45)39(38-28(4)47-50(29(38)5)24-55-17-18-57(7,8)9)41(33)51-27(3)22-49(43(52)42(32)51)37-23-48(6)36-15-12-30(44(53)54)21-34(36)37/h12-15,19-21,23,27H,10-11,16-18,22,24H2,1-9H3,(H,53,54). The van der Waals surface area contributed by atoms with Gasteiger partial charge in [-0.05, 0) is 107 Å². The number of anilines is 1. The van der Waals surface area contributed by atoms with Crippen molar-refractivity contribution < 1.29 is 24.2 Å². The van der Waals surface area contributed by atoms with Crippen LogP contribution in [0.1, 0.15) is 68.3 Å². The van der Waals surface area contributed by atoms with Crippen LogP contribution in [-0.4, -0.2) is 63.7 Å². The topological polar surface area (TPSA) is 104 Å². The molecule has 0 saturated carbocycles. The summed E-state index contributed by atoms with van der Waals surface area (Å²) in [4.78, 5) is 29.0. The number of hydrogen-bond donors (Lipinski definition) is 1. The predicted octanol–water partition coefficient (Wildman–Crippen LogP) is 10.8. The first-order valence-corrected chi connectivity index (χ1v) is 23.9. The van der Waals surface area contributed by atoms with Crippen LogP contribution in [0.3, 0.4) is 0 Å². The number of aromatic carboxylic acids is 1. The molecule has 57 heavy (non-hydrogen) atoms. The molecule has 0 spiro atoms. The van der Waals surface area contributed by atoms with Gasteiger partial charge in [0, 0.05) is 78.6 Å². The Hall–Kier alpha value is -4.55. The number of fused-ring (bicyclic) bond motifs is 4. The number of nitrogens with zero attached hydrogens (tertiary/aromatic N) is 5. The number of carboxylic acids is 1. The number of carbonyl (C=O) groups excluding carboxylic acids is 1. The fraction of sp³-hybridized carbons (Fsp3) is 0.386. The number of benzene rings is 3. The van der Waals surface area contributed by atoms with E-state index in [1.54, 1.807) is 23.1 Å². The number of ether oxygens (including phenoxy) is 2. The summed E-state index contributed by atoms with van der Waals surface area (Å²) in [5, 5.41) is 17.7. The van der Waals surface area contributed by atoms with Crippen molar-refractivity contribution in [3.8, 4) is 16.9 Å². The highest BCUT2D eigenvalue weighted by atomic mass is 35.5. The summed E-state index contributed by atoms with van der Waals surface area (Å²) < 4.78 is 18.4. The minimum absolute atomic E-state index is 0.153. The van der Waals surface area contributed by atoms with Crippen LogP contribution in [0, 0.1) is 27.7 Å². The second-order valence-corrected chi connectivity index (χ2v) is 23.1. The molecule has 0 aliphatic carbocycles.